The summed E-state index contributed by atoms with van der Waals surface area (Å²) in [6.45, 7) is 0.757. The third kappa shape index (κ3) is 4.22. The number of carbonyl (C=O) groups is 1. The predicted octanol–water partition coefficient (Wildman–Crippen LogP) is 5.26. The maximum Gasteiger partial charge on any atom is 0.232 e. The second-order valence-electron chi connectivity index (χ2n) is 8.40. The van der Waals surface area contributed by atoms with Gasteiger partial charge in [-0.2, -0.15) is 5.10 Å². The Kier molecular flexibility index (Phi) is 5.84. The molecule has 1 aromatic heterocycles. The van der Waals surface area contributed by atoms with E-state index >= 15 is 0 Å². The summed E-state index contributed by atoms with van der Waals surface area (Å²) in [5, 5.41) is 8.03. The second kappa shape index (κ2) is 9.23. The van der Waals surface area contributed by atoms with Gasteiger partial charge in [0, 0.05) is 11.3 Å². The molecule has 1 amide bonds. The molecule has 0 saturated carbocycles. The molecule has 1 aliphatic carbocycles. The lowest BCUT2D eigenvalue weighted by molar-refractivity contribution is -0.122. The molecular formula is C28H27N3O. The minimum atomic E-state index is -0.331. The Hall–Kier alpha value is -3.66. The summed E-state index contributed by atoms with van der Waals surface area (Å²) in [5.41, 5.74) is 5.64. The van der Waals surface area contributed by atoms with Crippen LogP contribution in [0.3, 0.4) is 0 Å². The number of rotatable bonds is 6. The van der Waals surface area contributed by atoms with Gasteiger partial charge in [-0.3, -0.25) is 9.48 Å². The zero-order valence-corrected chi connectivity index (χ0v) is 18.0. The molecule has 1 atom stereocenters. The van der Waals surface area contributed by atoms with E-state index in [2.05, 4.69) is 39.4 Å². The van der Waals surface area contributed by atoms with Crippen LogP contribution in [0.5, 0.6) is 0 Å². The molecule has 3 aromatic carbocycles. The van der Waals surface area contributed by atoms with Crippen molar-refractivity contribution < 1.29 is 4.79 Å². The lowest BCUT2D eigenvalue weighted by atomic mass is 9.88. The number of nitrogens with zero attached hydrogens (tertiary/aromatic N) is 2. The predicted molar refractivity (Wildman–Crippen MR) is 126 cm³/mol. The Morgan fingerprint density at radius 2 is 1.50 bits per heavy atom. The fourth-order valence-electron chi connectivity index (χ4n) is 4.70. The second-order valence-corrected chi connectivity index (χ2v) is 8.40. The molecule has 5 rings (SSSR count). The molecule has 160 valence electrons. The minimum Gasteiger partial charge on any atom is -0.348 e. The number of amides is 1. The Morgan fingerprint density at radius 3 is 2.12 bits per heavy atom. The Morgan fingerprint density at radius 1 is 0.906 bits per heavy atom. The van der Waals surface area contributed by atoms with Crippen molar-refractivity contribution in [1.29, 1.82) is 0 Å². The molecule has 1 N–H and O–H groups in total. The first-order valence-electron chi connectivity index (χ1n) is 11.3. The lowest BCUT2D eigenvalue weighted by Crippen LogP contribution is -2.35. The minimum absolute atomic E-state index is 0.00861. The first-order chi connectivity index (χ1) is 15.8. The Bertz CT molecular complexity index is 1130. The third-order valence-corrected chi connectivity index (χ3v) is 6.28. The maximum absolute atomic E-state index is 13.6. The summed E-state index contributed by atoms with van der Waals surface area (Å²) in [6, 6.07) is 30.4. The quantitative estimate of drug-likeness (QED) is 0.462. The smallest absolute Gasteiger partial charge is 0.232 e. The molecule has 4 nitrogen and oxygen atoms in total. The van der Waals surface area contributed by atoms with Crippen molar-refractivity contribution in [3.05, 3.63) is 125 Å². The van der Waals surface area contributed by atoms with Crippen molar-refractivity contribution in [2.45, 2.75) is 37.8 Å². The van der Waals surface area contributed by atoms with Gasteiger partial charge in [0.15, 0.2) is 0 Å². The van der Waals surface area contributed by atoms with Crippen molar-refractivity contribution in [3.8, 4) is 0 Å². The zero-order chi connectivity index (χ0) is 21.8. The van der Waals surface area contributed by atoms with E-state index in [9.17, 15) is 4.79 Å². The molecular weight excluding hydrogens is 394 g/mol. The summed E-state index contributed by atoms with van der Waals surface area (Å²) in [5.74, 6) is -0.293. The molecule has 0 radical (unpaired) electrons. The molecule has 0 spiro atoms. The van der Waals surface area contributed by atoms with Gasteiger partial charge < -0.3 is 5.32 Å². The van der Waals surface area contributed by atoms with Gasteiger partial charge in [-0.1, -0.05) is 91.0 Å². The number of hydrogen-bond acceptors (Lipinski definition) is 2. The van der Waals surface area contributed by atoms with E-state index in [1.807, 2.05) is 72.9 Å². The third-order valence-electron chi connectivity index (χ3n) is 6.28. The fraction of sp³-hybridized carbons (Fsp3) is 0.214. The van der Waals surface area contributed by atoms with Crippen LogP contribution in [0.1, 0.15) is 52.7 Å². The van der Waals surface area contributed by atoms with Gasteiger partial charge in [0.2, 0.25) is 5.91 Å². The van der Waals surface area contributed by atoms with E-state index < -0.39 is 0 Å². The standard InChI is InChI=1S/C28H27N3O/c32-28(27(22-13-6-2-7-14-22)23-15-8-3-9-16-23)30-25-17-10-18-26-24(25)19-29-31(26)20-21-11-4-1-5-12-21/h1-9,11-16,19,25,27H,10,17-18,20H2,(H,30,32). The van der Waals surface area contributed by atoms with E-state index in [1.165, 1.54) is 11.3 Å². The van der Waals surface area contributed by atoms with Crippen LogP contribution in [0.15, 0.2) is 97.2 Å². The Labute approximate surface area is 188 Å². The largest absolute Gasteiger partial charge is 0.348 e. The SMILES string of the molecule is O=C(NC1CCCc2c1cnn2Cc1ccccc1)C(c1ccccc1)c1ccccc1. The average Bonchev–Trinajstić information content (AvgIpc) is 3.25. The topological polar surface area (TPSA) is 46.9 Å². The van der Waals surface area contributed by atoms with E-state index in [1.54, 1.807) is 0 Å². The normalized spacial score (nSPS) is 15.3. The van der Waals surface area contributed by atoms with E-state index in [0.717, 1.165) is 42.5 Å². The molecule has 1 aliphatic rings. The van der Waals surface area contributed by atoms with Gasteiger partial charge in [-0.15, -0.1) is 0 Å². The van der Waals surface area contributed by atoms with E-state index in [-0.39, 0.29) is 17.9 Å². The van der Waals surface area contributed by atoms with Crippen molar-refractivity contribution in [2.24, 2.45) is 0 Å². The molecule has 1 heterocycles. The van der Waals surface area contributed by atoms with Crippen LogP contribution in [-0.4, -0.2) is 15.7 Å². The van der Waals surface area contributed by atoms with Crippen LogP contribution in [0.2, 0.25) is 0 Å². The van der Waals surface area contributed by atoms with Crippen molar-refractivity contribution in [1.82, 2.24) is 15.1 Å². The summed E-state index contributed by atoms with van der Waals surface area (Å²) >= 11 is 0. The van der Waals surface area contributed by atoms with Gasteiger partial charge in [0.1, 0.15) is 0 Å². The fourth-order valence-corrected chi connectivity index (χ4v) is 4.70. The van der Waals surface area contributed by atoms with E-state index in [4.69, 9.17) is 0 Å². The van der Waals surface area contributed by atoms with Crippen LogP contribution < -0.4 is 5.32 Å². The zero-order valence-electron chi connectivity index (χ0n) is 18.0. The van der Waals surface area contributed by atoms with E-state index in [0.29, 0.717) is 0 Å². The molecule has 0 saturated heterocycles. The number of fused-ring (bicyclic) bond motifs is 1. The van der Waals surface area contributed by atoms with Gasteiger partial charge >= 0.3 is 0 Å². The molecule has 4 heteroatoms. The summed E-state index contributed by atoms with van der Waals surface area (Å²) in [7, 11) is 0. The van der Waals surface area contributed by atoms with Gasteiger partial charge in [0.25, 0.3) is 0 Å². The first kappa shape index (κ1) is 20.3. The van der Waals surface area contributed by atoms with Gasteiger partial charge in [-0.05, 0) is 36.0 Å². The molecule has 0 bridgehead atoms. The lowest BCUT2D eigenvalue weighted by Gasteiger charge is -2.27. The maximum atomic E-state index is 13.6. The summed E-state index contributed by atoms with van der Waals surface area (Å²) < 4.78 is 2.09. The first-order valence-corrected chi connectivity index (χ1v) is 11.3. The number of nitrogens with one attached hydrogen (secondary N) is 1. The van der Waals surface area contributed by atoms with Crippen LogP contribution in [-0.2, 0) is 17.8 Å². The summed E-state index contributed by atoms with van der Waals surface area (Å²) in [4.78, 5) is 13.6. The monoisotopic (exact) mass is 421 g/mol. The number of benzene rings is 3. The van der Waals surface area contributed by atoms with Crippen LogP contribution in [0.4, 0.5) is 0 Å². The molecule has 32 heavy (non-hydrogen) atoms. The molecule has 0 aliphatic heterocycles. The van der Waals surface area contributed by atoms with Crippen LogP contribution in [0.25, 0.3) is 0 Å². The highest BCUT2D eigenvalue weighted by Crippen LogP contribution is 2.32. The number of hydrogen-bond donors (Lipinski definition) is 1. The van der Waals surface area contributed by atoms with Gasteiger partial charge in [-0.25, -0.2) is 0 Å². The number of aromatic nitrogens is 2. The number of carbonyl (C=O) groups excluding carboxylic acids is 1. The van der Waals surface area contributed by atoms with Crippen molar-refractivity contribution in [3.63, 3.8) is 0 Å². The molecule has 0 fully saturated rings. The molecule has 4 aromatic rings. The van der Waals surface area contributed by atoms with Gasteiger partial charge in [0.05, 0.1) is 24.7 Å². The summed E-state index contributed by atoms with van der Waals surface area (Å²) in [6.07, 6.45) is 4.92. The highest BCUT2D eigenvalue weighted by Gasteiger charge is 2.29. The van der Waals surface area contributed by atoms with Crippen molar-refractivity contribution >= 4 is 5.91 Å². The Balaban J connectivity index is 1.40. The highest BCUT2D eigenvalue weighted by molar-refractivity contribution is 5.87. The average molecular weight is 422 g/mol. The van der Waals surface area contributed by atoms with Crippen molar-refractivity contribution in [2.75, 3.05) is 0 Å². The molecule has 1 unspecified atom stereocenters. The van der Waals surface area contributed by atoms with Crippen LogP contribution in [0, 0.1) is 0 Å². The van der Waals surface area contributed by atoms with Crippen LogP contribution >= 0.6 is 0 Å². The highest BCUT2D eigenvalue weighted by atomic mass is 16.2.